The highest BCUT2D eigenvalue weighted by Gasteiger charge is 2.11. The molecule has 2 N–H and O–H groups in total. The van der Waals surface area contributed by atoms with Crippen molar-refractivity contribution in [2.75, 3.05) is 12.0 Å². The number of thioether (sulfide) groups is 1. The van der Waals surface area contributed by atoms with Crippen LogP contribution < -0.4 is 5.73 Å². The molecule has 2 heterocycles. The van der Waals surface area contributed by atoms with Gasteiger partial charge in [-0.15, -0.1) is 0 Å². The lowest BCUT2D eigenvalue weighted by Crippen LogP contribution is -2.01. The Morgan fingerprint density at radius 1 is 1.33 bits per heavy atom. The standard InChI is InChI=1S/C9H10N4OS/c1-5-3-4-14-6(5)7-11-8(10)13-9(12-7)15-2/h3-4H,1-2H3,(H2,10,11,12,13). The lowest BCUT2D eigenvalue weighted by Gasteiger charge is -2.01. The summed E-state index contributed by atoms with van der Waals surface area (Å²) in [5.74, 6) is 1.33. The monoisotopic (exact) mass is 222 g/mol. The van der Waals surface area contributed by atoms with E-state index < -0.39 is 0 Å². The molecule has 0 bridgehead atoms. The van der Waals surface area contributed by atoms with Crippen LogP contribution in [0.25, 0.3) is 11.6 Å². The maximum atomic E-state index is 5.57. The van der Waals surface area contributed by atoms with Crippen LogP contribution in [0.2, 0.25) is 0 Å². The fraction of sp³-hybridized carbons (Fsp3) is 0.222. The fourth-order valence-electron chi connectivity index (χ4n) is 1.17. The smallest absolute Gasteiger partial charge is 0.224 e. The first kappa shape index (κ1) is 9.97. The molecule has 0 aliphatic rings. The third-order valence-electron chi connectivity index (χ3n) is 1.88. The molecule has 0 amide bonds. The van der Waals surface area contributed by atoms with Crippen molar-refractivity contribution >= 4 is 17.7 Å². The quantitative estimate of drug-likeness (QED) is 0.780. The Morgan fingerprint density at radius 2 is 2.13 bits per heavy atom. The molecule has 0 unspecified atom stereocenters. The Hall–Kier alpha value is -1.56. The average Bonchev–Trinajstić information content (AvgIpc) is 2.63. The normalized spacial score (nSPS) is 10.5. The number of hydrogen-bond donors (Lipinski definition) is 1. The van der Waals surface area contributed by atoms with E-state index in [1.165, 1.54) is 11.8 Å². The van der Waals surface area contributed by atoms with Crippen LogP contribution in [0.4, 0.5) is 5.95 Å². The third kappa shape index (κ3) is 1.94. The van der Waals surface area contributed by atoms with E-state index in [-0.39, 0.29) is 5.95 Å². The second-order valence-electron chi connectivity index (χ2n) is 2.94. The first-order valence-electron chi connectivity index (χ1n) is 4.30. The van der Waals surface area contributed by atoms with E-state index in [2.05, 4.69) is 15.0 Å². The van der Waals surface area contributed by atoms with Gasteiger partial charge in [0, 0.05) is 0 Å². The average molecular weight is 222 g/mol. The summed E-state index contributed by atoms with van der Waals surface area (Å²) < 4.78 is 5.29. The van der Waals surface area contributed by atoms with Crippen LogP contribution in [-0.2, 0) is 0 Å². The number of aromatic nitrogens is 3. The van der Waals surface area contributed by atoms with Crippen LogP contribution in [0.3, 0.4) is 0 Å². The zero-order valence-electron chi connectivity index (χ0n) is 8.39. The number of anilines is 1. The summed E-state index contributed by atoms with van der Waals surface area (Å²) in [6.45, 7) is 1.93. The number of nitrogen functional groups attached to an aromatic ring is 1. The van der Waals surface area contributed by atoms with E-state index in [4.69, 9.17) is 10.2 Å². The Morgan fingerprint density at radius 3 is 2.73 bits per heavy atom. The molecule has 0 radical (unpaired) electrons. The van der Waals surface area contributed by atoms with E-state index in [0.29, 0.717) is 16.7 Å². The van der Waals surface area contributed by atoms with Gasteiger partial charge >= 0.3 is 0 Å². The van der Waals surface area contributed by atoms with Crippen molar-refractivity contribution in [3.8, 4) is 11.6 Å². The van der Waals surface area contributed by atoms with Gasteiger partial charge in [-0.1, -0.05) is 11.8 Å². The van der Waals surface area contributed by atoms with Crippen molar-refractivity contribution in [1.29, 1.82) is 0 Å². The largest absolute Gasteiger partial charge is 0.461 e. The Labute approximate surface area is 91.1 Å². The molecule has 2 aromatic rings. The number of furan rings is 1. The Balaban J connectivity index is 2.53. The van der Waals surface area contributed by atoms with Crippen molar-refractivity contribution in [2.45, 2.75) is 12.1 Å². The van der Waals surface area contributed by atoms with Gasteiger partial charge in [0.05, 0.1) is 6.26 Å². The summed E-state index contributed by atoms with van der Waals surface area (Å²) in [5.41, 5.74) is 6.55. The van der Waals surface area contributed by atoms with Crippen LogP contribution in [0.15, 0.2) is 21.9 Å². The predicted octanol–water partition coefficient (Wildman–Crippen LogP) is 1.74. The molecule has 2 rings (SSSR count). The van der Waals surface area contributed by atoms with E-state index in [0.717, 1.165) is 5.56 Å². The summed E-state index contributed by atoms with van der Waals surface area (Å²) in [4.78, 5) is 12.2. The van der Waals surface area contributed by atoms with Crippen LogP contribution in [0.5, 0.6) is 0 Å². The number of rotatable bonds is 2. The van der Waals surface area contributed by atoms with Gasteiger partial charge in [0.2, 0.25) is 11.8 Å². The van der Waals surface area contributed by atoms with Gasteiger partial charge in [0.15, 0.2) is 10.9 Å². The molecule has 0 fully saturated rings. The molecule has 0 saturated heterocycles. The van der Waals surface area contributed by atoms with Crippen LogP contribution >= 0.6 is 11.8 Å². The highest BCUT2D eigenvalue weighted by atomic mass is 32.2. The van der Waals surface area contributed by atoms with Gasteiger partial charge in [0.25, 0.3) is 0 Å². The first-order chi connectivity index (χ1) is 7.20. The SMILES string of the molecule is CSc1nc(N)nc(-c2occc2C)n1. The van der Waals surface area contributed by atoms with E-state index >= 15 is 0 Å². The molecule has 0 aliphatic heterocycles. The van der Waals surface area contributed by atoms with Gasteiger partial charge < -0.3 is 10.2 Å². The van der Waals surface area contributed by atoms with Gasteiger partial charge in [0.1, 0.15) is 0 Å². The lowest BCUT2D eigenvalue weighted by atomic mass is 10.3. The minimum atomic E-state index is 0.208. The fourth-order valence-corrected chi connectivity index (χ4v) is 1.53. The first-order valence-corrected chi connectivity index (χ1v) is 5.53. The number of aryl methyl sites for hydroxylation is 1. The third-order valence-corrected chi connectivity index (χ3v) is 2.43. The second kappa shape index (κ2) is 3.90. The molecular weight excluding hydrogens is 212 g/mol. The molecule has 15 heavy (non-hydrogen) atoms. The lowest BCUT2D eigenvalue weighted by molar-refractivity contribution is 0.574. The van der Waals surface area contributed by atoms with E-state index in [1.54, 1.807) is 6.26 Å². The molecule has 0 aliphatic carbocycles. The van der Waals surface area contributed by atoms with Crippen LogP contribution in [0.1, 0.15) is 5.56 Å². The highest BCUT2D eigenvalue weighted by Crippen LogP contribution is 2.22. The Bertz CT molecular complexity index is 483. The zero-order valence-corrected chi connectivity index (χ0v) is 9.21. The van der Waals surface area contributed by atoms with Crippen molar-refractivity contribution in [3.63, 3.8) is 0 Å². The molecule has 0 spiro atoms. The van der Waals surface area contributed by atoms with E-state index in [1.807, 2.05) is 19.2 Å². The Kier molecular flexibility index (Phi) is 2.59. The topological polar surface area (TPSA) is 77.8 Å². The van der Waals surface area contributed by atoms with Gasteiger partial charge in [-0.3, -0.25) is 0 Å². The molecule has 2 aromatic heterocycles. The van der Waals surface area contributed by atoms with Crippen LogP contribution in [-0.4, -0.2) is 21.2 Å². The summed E-state index contributed by atoms with van der Waals surface area (Å²) in [7, 11) is 0. The highest BCUT2D eigenvalue weighted by molar-refractivity contribution is 7.98. The molecular formula is C9H10N4OS. The van der Waals surface area contributed by atoms with Crippen molar-refractivity contribution in [3.05, 3.63) is 17.9 Å². The maximum Gasteiger partial charge on any atom is 0.224 e. The number of hydrogen-bond acceptors (Lipinski definition) is 6. The van der Waals surface area contributed by atoms with Crippen molar-refractivity contribution in [2.24, 2.45) is 0 Å². The van der Waals surface area contributed by atoms with Crippen LogP contribution in [0, 0.1) is 6.92 Å². The molecule has 0 saturated carbocycles. The van der Waals surface area contributed by atoms with Crippen molar-refractivity contribution in [1.82, 2.24) is 15.0 Å². The predicted molar refractivity (Wildman–Crippen MR) is 58.5 cm³/mol. The van der Waals surface area contributed by atoms with Gasteiger partial charge in [-0.2, -0.15) is 15.0 Å². The van der Waals surface area contributed by atoms with Crippen molar-refractivity contribution < 1.29 is 4.42 Å². The molecule has 78 valence electrons. The molecule has 0 aromatic carbocycles. The summed E-state index contributed by atoms with van der Waals surface area (Å²) in [5, 5.41) is 0.591. The summed E-state index contributed by atoms with van der Waals surface area (Å²) in [6.07, 6.45) is 3.48. The van der Waals surface area contributed by atoms with Gasteiger partial charge in [-0.05, 0) is 24.8 Å². The second-order valence-corrected chi connectivity index (χ2v) is 3.71. The molecule has 0 atom stereocenters. The molecule has 6 heteroatoms. The maximum absolute atomic E-state index is 5.57. The number of nitrogens with two attached hydrogens (primary N) is 1. The minimum Gasteiger partial charge on any atom is -0.461 e. The number of nitrogens with zero attached hydrogens (tertiary/aromatic N) is 3. The summed E-state index contributed by atoms with van der Waals surface area (Å²) in [6, 6.07) is 1.86. The van der Waals surface area contributed by atoms with E-state index in [9.17, 15) is 0 Å². The zero-order chi connectivity index (χ0) is 10.8. The minimum absolute atomic E-state index is 0.208. The van der Waals surface area contributed by atoms with Gasteiger partial charge in [-0.25, -0.2) is 0 Å². The molecule has 5 nitrogen and oxygen atoms in total. The summed E-state index contributed by atoms with van der Waals surface area (Å²) >= 11 is 1.42.